The van der Waals surface area contributed by atoms with Crippen molar-refractivity contribution in [2.45, 2.75) is 69.2 Å². The van der Waals surface area contributed by atoms with E-state index in [-0.39, 0.29) is 40.4 Å². The van der Waals surface area contributed by atoms with E-state index in [1.54, 1.807) is 6.20 Å². The van der Waals surface area contributed by atoms with E-state index in [9.17, 15) is 8.42 Å². The van der Waals surface area contributed by atoms with Crippen LogP contribution >= 0.6 is 11.3 Å². The topological polar surface area (TPSA) is 159 Å². The first kappa shape index (κ1) is 30.4. The van der Waals surface area contributed by atoms with Crippen LogP contribution in [-0.4, -0.2) is 52.5 Å². The lowest BCUT2D eigenvalue weighted by atomic mass is 9.89. The molecule has 0 spiro atoms. The lowest BCUT2D eigenvalue weighted by Crippen LogP contribution is -2.17. The van der Waals surface area contributed by atoms with Crippen molar-refractivity contribution >= 4 is 43.1 Å². The summed E-state index contributed by atoms with van der Waals surface area (Å²) in [6, 6.07) is 8.12. The van der Waals surface area contributed by atoms with E-state index in [2.05, 4.69) is 46.5 Å². The van der Waals surface area contributed by atoms with Gasteiger partial charge in [0, 0.05) is 47.7 Å². The fourth-order valence-corrected chi connectivity index (χ4v) is 10.8. The largest absolute Gasteiger partial charge is 0.403 e. The van der Waals surface area contributed by atoms with Crippen molar-refractivity contribution in [1.29, 1.82) is 0 Å². The highest BCUT2D eigenvalue weighted by Gasteiger charge is 2.43. The van der Waals surface area contributed by atoms with Crippen LogP contribution in [0, 0.1) is 11.8 Å². The highest BCUT2D eigenvalue weighted by Crippen LogP contribution is 2.51. The molecule has 1 fully saturated rings. The fraction of sp³-hybridized carbons (Fsp3) is 0.441. The number of nitrogens with two attached hydrogens (primary N) is 1. The van der Waals surface area contributed by atoms with Gasteiger partial charge in [-0.15, -0.1) is 16.4 Å². The van der Waals surface area contributed by atoms with E-state index < -0.39 is 9.84 Å². The number of nitrogens with one attached hydrogen (secondary N) is 1. The van der Waals surface area contributed by atoms with Gasteiger partial charge in [0.1, 0.15) is 5.82 Å². The summed E-state index contributed by atoms with van der Waals surface area (Å²) < 4.78 is 40.7. The van der Waals surface area contributed by atoms with Crippen molar-refractivity contribution in [2.75, 3.05) is 30.0 Å². The van der Waals surface area contributed by atoms with Crippen LogP contribution < -0.4 is 11.1 Å². The minimum atomic E-state index is -3.69. The van der Waals surface area contributed by atoms with E-state index in [0.29, 0.717) is 29.2 Å². The van der Waals surface area contributed by atoms with Gasteiger partial charge in [-0.05, 0) is 79.5 Å². The Morgan fingerprint density at radius 1 is 1.09 bits per heavy atom. The first-order valence-electron chi connectivity index (χ1n) is 16.3. The summed E-state index contributed by atoms with van der Waals surface area (Å²) in [4.78, 5) is 15.5. The molecule has 3 N–H and O–H groups in total. The number of hydrogen-bond acceptors (Lipinski definition) is 12. The van der Waals surface area contributed by atoms with Crippen LogP contribution in [0.15, 0.2) is 46.0 Å². The van der Waals surface area contributed by atoms with Crippen LogP contribution in [0.3, 0.4) is 0 Å². The molecule has 7 heterocycles. The highest BCUT2D eigenvalue weighted by molar-refractivity contribution is 7.92. The summed E-state index contributed by atoms with van der Waals surface area (Å²) in [6.45, 7) is 5.63. The van der Waals surface area contributed by atoms with Gasteiger partial charge in [0.15, 0.2) is 9.84 Å². The maximum atomic E-state index is 14.1. The third kappa shape index (κ3) is 5.47. The first-order valence-corrected chi connectivity index (χ1v) is 18.8. The second-order valence-corrected chi connectivity index (χ2v) is 16.2. The molecule has 0 saturated carbocycles. The van der Waals surface area contributed by atoms with E-state index in [1.807, 2.05) is 18.3 Å². The minimum Gasteiger partial charge on any atom is -0.403 e. The molecular weight excluding hydrogens is 635 g/mol. The number of fused-ring (bicyclic) bond motifs is 3. The van der Waals surface area contributed by atoms with Crippen LogP contribution in [0.25, 0.3) is 32.0 Å². The molecule has 0 bridgehead atoms. The molecule has 1 aliphatic carbocycles. The Morgan fingerprint density at radius 3 is 2.72 bits per heavy atom. The van der Waals surface area contributed by atoms with Crippen molar-refractivity contribution in [3.8, 4) is 21.9 Å². The van der Waals surface area contributed by atoms with Crippen LogP contribution in [0.1, 0.15) is 74.1 Å². The molecule has 244 valence electrons. The van der Waals surface area contributed by atoms with Crippen molar-refractivity contribution in [2.24, 2.45) is 11.8 Å². The summed E-state index contributed by atoms with van der Waals surface area (Å²) in [5.41, 5.74) is 10.8. The second-order valence-electron chi connectivity index (χ2n) is 13.2. The van der Waals surface area contributed by atoms with Gasteiger partial charge in [0.25, 0.3) is 5.89 Å². The number of pyridine rings is 3. The van der Waals surface area contributed by atoms with Gasteiger partial charge in [0.2, 0.25) is 0 Å². The van der Waals surface area contributed by atoms with Crippen LogP contribution in [-0.2, 0) is 27.4 Å². The lowest BCUT2D eigenvalue weighted by Gasteiger charge is -2.23. The van der Waals surface area contributed by atoms with Gasteiger partial charge in [-0.2, -0.15) is 0 Å². The molecular formula is C34H37N7O4S2. The number of nitrogens with zero attached hydrogens (tertiary/aromatic N) is 5. The highest BCUT2D eigenvalue weighted by atomic mass is 32.2. The number of ether oxygens (including phenoxy) is 1. The molecule has 47 heavy (non-hydrogen) atoms. The molecule has 0 radical (unpaired) electrons. The van der Waals surface area contributed by atoms with E-state index in [4.69, 9.17) is 24.9 Å². The van der Waals surface area contributed by atoms with Gasteiger partial charge in [0.05, 0.1) is 38.3 Å². The Hall–Kier alpha value is -3.94. The number of sulfone groups is 1. The first-order chi connectivity index (χ1) is 22.8. The summed E-state index contributed by atoms with van der Waals surface area (Å²) in [5.74, 6) is 1.32. The summed E-state index contributed by atoms with van der Waals surface area (Å²) >= 11 is 1.52. The van der Waals surface area contributed by atoms with Crippen LogP contribution in [0.4, 0.5) is 11.8 Å². The quantitative estimate of drug-likeness (QED) is 0.189. The second kappa shape index (κ2) is 11.9. The zero-order valence-corrected chi connectivity index (χ0v) is 28.0. The normalized spacial score (nSPS) is 20.6. The monoisotopic (exact) mass is 671 g/mol. The third-order valence-corrected chi connectivity index (χ3v) is 12.9. The summed E-state index contributed by atoms with van der Waals surface area (Å²) in [6.07, 6.45) is 8.98. The molecule has 1 saturated heterocycles. The molecule has 11 nitrogen and oxygen atoms in total. The molecule has 8 rings (SSSR count). The van der Waals surface area contributed by atoms with Crippen molar-refractivity contribution in [3.63, 3.8) is 0 Å². The molecule has 0 aromatic carbocycles. The number of nitrogen functional groups attached to an aromatic ring is 1. The number of rotatable bonds is 8. The molecule has 2 aliphatic heterocycles. The van der Waals surface area contributed by atoms with Gasteiger partial charge >= 0.3 is 6.01 Å². The maximum Gasteiger partial charge on any atom is 0.313 e. The Labute approximate surface area is 277 Å². The third-order valence-electron chi connectivity index (χ3n) is 9.87. The van der Waals surface area contributed by atoms with Gasteiger partial charge < -0.3 is 20.2 Å². The number of aromatic nitrogens is 5. The van der Waals surface area contributed by atoms with E-state index in [1.165, 1.54) is 16.9 Å². The average Bonchev–Trinajstić information content (AvgIpc) is 3.85. The summed E-state index contributed by atoms with van der Waals surface area (Å²) in [7, 11) is -3.69. The maximum absolute atomic E-state index is 14.1. The van der Waals surface area contributed by atoms with Gasteiger partial charge in [-0.3, -0.25) is 9.97 Å². The molecule has 5 aromatic heterocycles. The predicted octanol–water partition coefficient (Wildman–Crippen LogP) is 6.37. The Kier molecular flexibility index (Phi) is 7.72. The van der Waals surface area contributed by atoms with Crippen molar-refractivity contribution in [1.82, 2.24) is 25.1 Å². The SMILES string of the molecule is CC(C)C1CS(=O)(=O)c2c1nc(CCC1CCOCC1)c(-c1nnc(N)o1)c2-c1cc2ccnc(N[C@@H]3CCc4ncccc43)c2s1. The van der Waals surface area contributed by atoms with E-state index >= 15 is 0 Å². The van der Waals surface area contributed by atoms with Gasteiger partial charge in [-0.1, -0.05) is 25.0 Å². The molecule has 3 aliphatic rings. The number of hydrogen-bond donors (Lipinski definition) is 2. The van der Waals surface area contributed by atoms with Gasteiger partial charge in [-0.25, -0.2) is 13.4 Å². The molecule has 2 atom stereocenters. The fourth-order valence-electron chi connectivity index (χ4n) is 7.39. The van der Waals surface area contributed by atoms with Crippen LogP contribution in [0.2, 0.25) is 0 Å². The minimum absolute atomic E-state index is 0.0171. The lowest BCUT2D eigenvalue weighted by molar-refractivity contribution is 0.0639. The Balaban J connectivity index is 1.31. The zero-order valence-electron chi connectivity index (χ0n) is 26.4. The average molecular weight is 672 g/mol. The number of anilines is 2. The molecule has 0 amide bonds. The Bertz CT molecular complexity index is 2090. The summed E-state index contributed by atoms with van der Waals surface area (Å²) in [5, 5.41) is 12.9. The predicted molar refractivity (Wildman–Crippen MR) is 181 cm³/mol. The number of thiophene rings is 1. The Morgan fingerprint density at radius 2 is 1.94 bits per heavy atom. The standard InChI is InChI=1S/C34H37N7O4S2/c1-18(2)22-17-47(42,43)31-28(27(33-40-41-34(35)45-33)25(38-29(22)31)6-5-19-10-14-44-15-11-19)26-16-20-9-13-37-32(30(20)46-26)39-24-8-7-23-21(24)4-3-12-36-23/h3-4,9,12-13,16,18-19,22,24H,5-8,10-11,14-15,17H2,1-2H3,(H2,35,41)(H,37,39)/t22?,24-/m1/s1. The van der Waals surface area contributed by atoms with Crippen molar-refractivity contribution in [3.05, 3.63) is 59.3 Å². The molecule has 1 unspecified atom stereocenters. The molecule has 5 aromatic rings. The molecule has 13 heteroatoms. The van der Waals surface area contributed by atoms with Crippen LogP contribution in [0.5, 0.6) is 0 Å². The van der Waals surface area contributed by atoms with Crippen molar-refractivity contribution < 1.29 is 17.6 Å². The van der Waals surface area contributed by atoms with E-state index in [0.717, 1.165) is 77.5 Å². The zero-order chi connectivity index (χ0) is 32.3. The smallest absolute Gasteiger partial charge is 0.313 e. The number of aryl methyl sites for hydroxylation is 2.